The highest BCUT2D eigenvalue weighted by molar-refractivity contribution is 14.1. The molecular formula is C39H26F3IO6S2. The van der Waals surface area contributed by atoms with Crippen LogP contribution in [0.3, 0.4) is 0 Å². The van der Waals surface area contributed by atoms with Gasteiger partial charge in [-0.25, -0.2) is 8.42 Å². The predicted octanol–water partition coefficient (Wildman–Crippen LogP) is 10.3. The number of halogens is 4. The van der Waals surface area contributed by atoms with Crippen molar-refractivity contribution in [2.75, 3.05) is 12.5 Å². The molecular weight excluding hydrogens is 812 g/mol. The first kappa shape index (κ1) is 36.1. The Kier molecular flexibility index (Phi) is 10.3. The van der Waals surface area contributed by atoms with E-state index in [2.05, 4.69) is 22.6 Å². The zero-order valence-electron chi connectivity index (χ0n) is 26.8. The monoisotopic (exact) mass is 838 g/mol. The average molecular weight is 839 g/mol. The molecule has 0 aliphatic rings. The fourth-order valence-electron chi connectivity index (χ4n) is 5.33. The quantitative estimate of drug-likeness (QED) is 0.126. The van der Waals surface area contributed by atoms with Gasteiger partial charge in [-0.2, -0.15) is 13.2 Å². The molecule has 12 heteroatoms. The zero-order valence-corrected chi connectivity index (χ0v) is 30.6. The molecule has 0 spiro atoms. The minimum Gasteiger partial charge on any atom is -0.455 e. The van der Waals surface area contributed by atoms with Crippen molar-refractivity contribution in [3.05, 3.63) is 151 Å². The summed E-state index contributed by atoms with van der Waals surface area (Å²) >= 11 is 3.75. The van der Waals surface area contributed by atoms with E-state index in [9.17, 15) is 31.2 Å². The second-order valence-corrected chi connectivity index (χ2v) is 15.3. The maximum atomic E-state index is 13.3. The van der Waals surface area contributed by atoms with Gasteiger partial charge in [0.05, 0.1) is 26.8 Å². The fourth-order valence-corrected chi connectivity index (χ4v) is 7.08. The molecule has 6 nitrogen and oxygen atoms in total. The number of sulfone groups is 1. The zero-order chi connectivity index (χ0) is 36.5. The number of hydrogen-bond donors (Lipinski definition) is 0. The van der Waals surface area contributed by atoms with Crippen LogP contribution in [0.1, 0.15) is 5.56 Å². The van der Waals surface area contributed by atoms with Gasteiger partial charge in [0.15, 0.2) is 15.6 Å². The van der Waals surface area contributed by atoms with Gasteiger partial charge >= 0.3 is 6.18 Å². The average Bonchev–Trinajstić information content (AvgIpc) is 3.13. The topological polar surface area (TPSA) is 94.6 Å². The van der Waals surface area contributed by atoms with Crippen LogP contribution in [0, 0.1) is 3.57 Å². The van der Waals surface area contributed by atoms with Crippen molar-refractivity contribution in [3.8, 4) is 33.8 Å². The third-order valence-corrected chi connectivity index (χ3v) is 10.8. The van der Waals surface area contributed by atoms with Crippen LogP contribution in [0.4, 0.5) is 13.2 Å². The largest absolute Gasteiger partial charge is 0.455 e. The van der Waals surface area contributed by atoms with Gasteiger partial charge in [0.1, 0.15) is 20.5 Å². The lowest BCUT2D eigenvalue weighted by Crippen LogP contribution is -2.08. The van der Waals surface area contributed by atoms with Crippen LogP contribution < -0.4 is 10.9 Å². The maximum absolute atomic E-state index is 13.3. The summed E-state index contributed by atoms with van der Waals surface area (Å²) in [4.78, 5) is 26.9. The van der Waals surface area contributed by atoms with Crippen LogP contribution in [0.2, 0.25) is 0 Å². The van der Waals surface area contributed by atoms with Crippen LogP contribution in [-0.2, 0) is 16.0 Å². The molecule has 5 aromatic carbocycles. The van der Waals surface area contributed by atoms with Crippen molar-refractivity contribution in [1.82, 2.24) is 0 Å². The molecule has 2 aromatic heterocycles. The number of fused-ring (bicyclic) bond motifs is 2. The Balaban J connectivity index is 0.000000193. The number of para-hydroxylation sites is 2. The molecule has 258 valence electrons. The first-order chi connectivity index (χ1) is 24.3. The SMILES string of the molecule is CS(=O)(=O)c1ccc(-c2oc3ccccc3c(=O)c2-c2ccc(C(F)(F)F)cc2)cc1.CSc1ccc(-c2oc3ccccc3c(=O)c2I)cc1. The third kappa shape index (κ3) is 7.67. The molecule has 0 radical (unpaired) electrons. The lowest BCUT2D eigenvalue weighted by Gasteiger charge is -2.12. The van der Waals surface area contributed by atoms with Crippen molar-refractivity contribution in [2.24, 2.45) is 0 Å². The standard InChI is InChI=1S/C23H15F3O4S.C16H11IO2S/c1-31(28,29)17-12-8-15(9-13-17)22-20(14-6-10-16(11-7-14)23(24,25)26)21(27)18-4-2-3-5-19(18)30-22;1-20-11-8-6-10(7-9-11)16-14(17)15(18)12-4-2-3-5-13(12)19-16/h2-13H,1H3;2-9H,1H3. The molecule has 7 rings (SSSR count). The smallest absolute Gasteiger partial charge is 0.416 e. The fraction of sp³-hybridized carbons (Fsp3) is 0.0769. The Bertz CT molecular complexity index is 2610. The number of benzene rings is 5. The molecule has 0 amide bonds. The molecule has 0 aliphatic heterocycles. The van der Waals surface area contributed by atoms with Crippen LogP contribution in [0.5, 0.6) is 0 Å². The summed E-state index contributed by atoms with van der Waals surface area (Å²) in [6.45, 7) is 0. The van der Waals surface area contributed by atoms with Crippen molar-refractivity contribution < 1.29 is 30.4 Å². The Hall–Kier alpha value is -4.66. The van der Waals surface area contributed by atoms with Crippen molar-refractivity contribution in [1.29, 1.82) is 0 Å². The highest BCUT2D eigenvalue weighted by Gasteiger charge is 2.30. The van der Waals surface area contributed by atoms with Gasteiger partial charge in [-0.3, -0.25) is 9.59 Å². The summed E-state index contributed by atoms with van der Waals surface area (Å²) in [7, 11) is -3.42. The highest BCUT2D eigenvalue weighted by atomic mass is 127. The van der Waals surface area contributed by atoms with Crippen LogP contribution in [-0.4, -0.2) is 20.9 Å². The number of rotatable bonds is 5. The normalized spacial score (nSPS) is 11.7. The molecule has 7 aromatic rings. The van der Waals surface area contributed by atoms with Crippen molar-refractivity contribution in [2.45, 2.75) is 16.0 Å². The maximum Gasteiger partial charge on any atom is 0.416 e. The summed E-state index contributed by atoms with van der Waals surface area (Å²) in [5, 5.41) is 0.912. The van der Waals surface area contributed by atoms with E-state index in [0.29, 0.717) is 31.4 Å². The first-order valence-corrected chi connectivity index (χ1v) is 19.4. The second-order valence-electron chi connectivity index (χ2n) is 11.3. The van der Waals surface area contributed by atoms with E-state index in [-0.39, 0.29) is 32.6 Å². The summed E-state index contributed by atoms with van der Waals surface area (Å²) in [6, 6.07) is 31.9. The summed E-state index contributed by atoms with van der Waals surface area (Å²) in [5.41, 5.74) is 1.43. The lowest BCUT2D eigenvalue weighted by atomic mass is 9.97. The molecule has 0 bridgehead atoms. The van der Waals surface area contributed by atoms with Gasteiger partial charge < -0.3 is 8.83 Å². The number of hydrogen-bond acceptors (Lipinski definition) is 7. The van der Waals surface area contributed by atoms with E-state index in [4.69, 9.17) is 8.83 Å². The number of thioether (sulfide) groups is 1. The molecule has 0 fully saturated rings. The minimum atomic E-state index is -4.50. The Morgan fingerprint density at radius 2 is 1.10 bits per heavy atom. The predicted molar refractivity (Wildman–Crippen MR) is 204 cm³/mol. The Labute approximate surface area is 308 Å². The van der Waals surface area contributed by atoms with E-state index in [1.807, 2.05) is 48.7 Å². The van der Waals surface area contributed by atoms with E-state index in [0.717, 1.165) is 24.0 Å². The summed E-state index contributed by atoms with van der Waals surface area (Å²) in [6.07, 6.45) is -1.39. The molecule has 0 saturated heterocycles. The van der Waals surface area contributed by atoms with Gasteiger partial charge in [-0.1, -0.05) is 48.5 Å². The Morgan fingerprint density at radius 3 is 1.63 bits per heavy atom. The van der Waals surface area contributed by atoms with Crippen molar-refractivity contribution in [3.63, 3.8) is 0 Å². The van der Waals surface area contributed by atoms with E-state index >= 15 is 0 Å². The van der Waals surface area contributed by atoms with Crippen LogP contribution in [0.25, 0.3) is 55.7 Å². The molecule has 0 aliphatic carbocycles. The van der Waals surface area contributed by atoms with Gasteiger partial charge in [0.25, 0.3) is 0 Å². The summed E-state index contributed by atoms with van der Waals surface area (Å²) in [5.74, 6) is 0.783. The summed E-state index contributed by atoms with van der Waals surface area (Å²) < 4.78 is 74.9. The first-order valence-electron chi connectivity index (χ1n) is 15.2. The molecule has 0 N–H and O–H groups in total. The lowest BCUT2D eigenvalue weighted by molar-refractivity contribution is -0.137. The Morgan fingerprint density at radius 1 is 0.627 bits per heavy atom. The highest BCUT2D eigenvalue weighted by Crippen LogP contribution is 2.36. The minimum absolute atomic E-state index is 0.0244. The van der Waals surface area contributed by atoms with E-state index < -0.39 is 27.0 Å². The van der Waals surface area contributed by atoms with E-state index in [1.165, 1.54) is 41.3 Å². The third-order valence-electron chi connectivity index (χ3n) is 7.94. The second kappa shape index (κ2) is 14.5. The number of alkyl halides is 3. The molecule has 2 heterocycles. The van der Waals surface area contributed by atoms with Crippen LogP contribution >= 0.6 is 34.4 Å². The van der Waals surface area contributed by atoms with Gasteiger partial charge in [0, 0.05) is 22.3 Å². The molecule has 51 heavy (non-hydrogen) atoms. The molecule has 0 saturated carbocycles. The molecule has 0 atom stereocenters. The van der Waals surface area contributed by atoms with E-state index in [1.54, 1.807) is 42.1 Å². The van der Waals surface area contributed by atoms with Gasteiger partial charge in [-0.05, 0) is 107 Å². The van der Waals surface area contributed by atoms with Crippen molar-refractivity contribution >= 4 is 66.1 Å². The van der Waals surface area contributed by atoms with Gasteiger partial charge in [-0.15, -0.1) is 11.8 Å². The van der Waals surface area contributed by atoms with Gasteiger partial charge in [0.2, 0.25) is 10.9 Å². The van der Waals surface area contributed by atoms with Crippen LogP contribution in [0.15, 0.2) is 150 Å². The molecule has 0 unspecified atom stereocenters.